The van der Waals surface area contributed by atoms with Crippen LogP contribution in [0.3, 0.4) is 0 Å². The van der Waals surface area contributed by atoms with Gasteiger partial charge in [-0.3, -0.25) is 4.98 Å². The van der Waals surface area contributed by atoms with Crippen molar-refractivity contribution in [2.45, 2.75) is 0 Å². The zero-order chi connectivity index (χ0) is 10.7. The predicted octanol–water partition coefficient (Wildman–Crippen LogP) is 1.78. The fourth-order valence-corrected chi connectivity index (χ4v) is 1.34. The third-order valence-corrected chi connectivity index (χ3v) is 2.14. The van der Waals surface area contributed by atoms with Gasteiger partial charge < -0.3 is 5.73 Å². The van der Waals surface area contributed by atoms with E-state index in [0.29, 0.717) is 10.7 Å². The van der Waals surface area contributed by atoms with Crippen LogP contribution in [0.4, 0.5) is 0 Å². The summed E-state index contributed by atoms with van der Waals surface area (Å²) >= 11 is 4.87. The average Bonchev–Trinajstić information content (AvgIpc) is 2.30. The minimum absolute atomic E-state index is 0. The summed E-state index contributed by atoms with van der Waals surface area (Å²) in [6.45, 7) is 0. The van der Waals surface area contributed by atoms with Crippen molar-refractivity contribution in [3.8, 4) is 11.4 Å². The molecule has 2 N–H and O–H groups in total. The molecule has 0 saturated carbocycles. The molecule has 16 heavy (non-hydrogen) atoms. The number of nitrogens with two attached hydrogens (primary N) is 1. The number of thiocarbonyl (C=S) groups is 1. The van der Waals surface area contributed by atoms with Gasteiger partial charge in [-0.1, -0.05) is 24.4 Å². The molecule has 0 fully saturated rings. The van der Waals surface area contributed by atoms with Crippen LogP contribution in [0.2, 0.25) is 0 Å². The molecule has 2 aromatic heterocycles. The van der Waals surface area contributed by atoms with Crippen molar-refractivity contribution in [3.63, 3.8) is 0 Å². The summed E-state index contributed by atoms with van der Waals surface area (Å²) in [5, 5.41) is 0. The molecule has 3 nitrogen and oxygen atoms in total. The summed E-state index contributed by atoms with van der Waals surface area (Å²) in [7, 11) is 0. The van der Waals surface area contributed by atoms with Gasteiger partial charge in [0.1, 0.15) is 4.99 Å². The Labute approximate surface area is 110 Å². The third-order valence-electron chi connectivity index (χ3n) is 1.93. The second-order valence-electron chi connectivity index (χ2n) is 2.99. The van der Waals surface area contributed by atoms with Crippen LogP contribution in [0.5, 0.6) is 0 Å². The molecule has 0 saturated heterocycles. The predicted molar refractivity (Wildman–Crippen MR) is 63.4 cm³/mol. The van der Waals surface area contributed by atoms with Gasteiger partial charge in [-0.25, -0.2) is 4.98 Å². The van der Waals surface area contributed by atoms with Crippen LogP contribution in [-0.2, 0) is 17.1 Å². The first kappa shape index (κ1) is 12.8. The van der Waals surface area contributed by atoms with E-state index in [0.717, 1.165) is 11.4 Å². The van der Waals surface area contributed by atoms with Gasteiger partial charge in [-0.15, -0.1) is 0 Å². The van der Waals surface area contributed by atoms with Gasteiger partial charge in [0.2, 0.25) is 0 Å². The first-order chi connectivity index (χ1) is 7.27. The fourth-order valence-electron chi connectivity index (χ4n) is 1.23. The Hall–Kier alpha value is -1.29. The minimum Gasteiger partial charge on any atom is -0.388 e. The molecular weight excluding hydrogens is 270 g/mol. The van der Waals surface area contributed by atoms with E-state index in [1.165, 1.54) is 0 Å². The molecule has 0 aromatic carbocycles. The van der Waals surface area contributed by atoms with E-state index in [1.807, 2.05) is 30.3 Å². The molecule has 2 rings (SSSR count). The molecule has 0 atom stereocenters. The summed E-state index contributed by atoms with van der Waals surface area (Å²) in [5.41, 5.74) is 7.72. The van der Waals surface area contributed by atoms with Gasteiger partial charge in [0.05, 0.1) is 17.1 Å². The molecule has 5 heteroatoms. The maximum Gasteiger partial charge on any atom is 1.00 e. The van der Waals surface area contributed by atoms with E-state index in [-0.39, 0.29) is 17.1 Å². The van der Waals surface area contributed by atoms with E-state index >= 15 is 0 Å². The second kappa shape index (κ2) is 5.70. The van der Waals surface area contributed by atoms with Crippen molar-refractivity contribution in [1.29, 1.82) is 0 Å². The van der Waals surface area contributed by atoms with Crippen LogP contribution in [0, 0.1) is 0 Å². The normalized spacial score (nSPS) is 9.25. The van der Waals surface area contributed by atoms with Crippen molar-refractivity contribution in [1.82, 2.24) is 9.97 Å². The summed E-state index contributed by atoms with van der Waals surface area (Å²) < 4.78 is 0. The van der Waals surface area contributed by atoms with E-state index in [1.54, 1.807) is 12.3 Å². The Bertz CT molecular complexity index is 488. The van der Waals surface area contributed by atoms with Crippen molar-refractivity contribution >= 4 is 17.2 Å². The zero-order valence-corrected chi connectivity index (χ0v) is 9.98. The quantitative estimate of drug-likeness (QED) is 0.672. The molecule has 0 bridgehead atoms. The largest absolute Gasteiger partial charge is 1.00 e. The van der Waals surface area contributed by atoms with Gasteiger partial charge in [0.25, 0.3) is 0 Å². The smallest absolute Gasteiger partial charge is 0.388 e. The third kappa shape index (κ3) is 2.85. The summed E-state index contributed by atoms with van der Waals surface area (Å²) in [6.07, 6.45) is 1.73. The molecule has 2 heterocycles. The van der Waals surface area contributed by atoms with Crippen molar-refractivity contribution in [2.75, 3.05) is 0 Å². The zero-order valence-electron chi connectivity index (χ0n) is 8.22. The van der Waals surface area contributed by atoms with Crippen LogP contribution in [0.25, 0.3) is 11.4 Å². The average molecular weight is 279 g/mol. The monoisotopic (exact) mass is 278 g/mol. The minimum atomic E-state index is 0. The molecule has 0 radical (unpaired) electrons. The van der Waals surface area contributed by atoms with Gasteiger partial charge in [-0.05, 0) is 24.3 Å². The number of aromatic nitrogens is 2. The Morgan fingerprint density at radius 3 is 2.44 bits per heavy atom. The Balaban J connectivity index is 0.00000128. The van der Waals surface area contributed by atoms with Gasteiger partial charge in [-0.2, -0.15) is 0 Å². The number of pyridine rings is 2. The maximum atomic E-state index is 5.51. The number of hydrogen-bond donors (Lipinski definition) is 1. The van der Waals surface area contributed by atoms with Crippen molar-refractivity contribution < 1.29 is 17.1 Å². The van der Waals surface area contributed by atoms with Crippen LogP contribution in [-0.4, -0.2) is 15.0 Å². The van der Waals surface area contributed by atoms with Crippen LogP contribution >= 0.6 is 12.2 Å². The fraction of sp³-hybridized carbons (Fsp3) is 0. The second-order valence-corrected chi connectivity index (χ2v) is 3.43. The molecule has 84 valence electrons. The summed E-state index contributed by atoms with van der Waals surface area (Å²) in [5.74, 6) is 0. The molecule has 0 amide bonds. The van der Waals surface area contributed by atoms with Gasteiger partial charge >= 0.3 is 17.1 Å². The summed E-state index contributed by atoms with van der Waals surface area (Å²) in [4.78, 5) is 8.82. The standard InChI is InChI=1S/C11H9N3S.Cu/c12-11(15)10-6-3-5-9(14-10)8-4-1-2-7-13-8;/h1-7H,(H2,12,15);/q;+1. The van der Waals surface area contributed by atoms with E-state index in [4.69, 9.17) is 18.0 Å². The van der Waals surface area contributed by atoms with E-state index in [9.17, 15) is 0 Å². The van der Waals surface area contributed by atoms with Crippen LogP contribution in [0.1, 0.15) is 5.69 Å². The Morgan fingerprint density at radius 1 is 1.06 bits per heavy atom. The first-order valence-corrected chi connectivity index (χ1v) is 4.86. The molecule has 0 aliphatic heterocycles. The van der Waals surface area contributed by atoms with Crippen molar-refractivity contribution in [2.24, 2.45) is 5.73 Å². The molecule has 0 aliphatic rings. The molecule has 0 unspecified atom stereocenters. The van der Waals surface area contributed by atoms with Gasteiger partial charge in [0, 0.05) is 6.20 Å². The van der Waals surface area contributed by atoms with E-state index in [2.05, 4.69) is 9.97 Å². The number of hydrogen-bond acceptors (Lipinski definition) is 3. The SMILES string of the molecule is NC(=S)c1cccc(-c2ccccn2)n1.[Cu+]. The topological polar surface area (TPSA) is 51.8 Å². The maximum absolute atomic E-state index is 5.51. The first-order valence-electron chi connectivity index (χ1n) is 4.45. The van der Waals surface area contributed by atoms with Gasteiger partial charge in [0.15, 0.2) is 0 Å². The molecular formula is C11H9CuN3S+. The van der Waals surface area contributed by atoms with Crippen molar-refractivity contribution in [3.05, 3.63) is 48.3 Å². The molecule has 2 aromatic rings. The van der Waals surface area contributed by atoms with Crippen LogP contribution < -0.4 is 5.73 Å². The Morgan fingerprint density at radius 2 is 1.81 bits per heavy atom. The number of nitrogens with zero attached hydrogens (tertiary/aromatic N) is 2. The summed E-state index contributed by atoms with van der Waals surface area (Å²) in [6, 6.07) is 11.2. The van der Waals surface area contributed by atoms with Crippen LogP contribution in [0.15, 0.2) is 42.6 Å². The molecule has 0 aliphatic carbocycles. The number of rotatable bonds is 2. The van der Waals surface area contributed by atoms with E-state index < -0.39 is 0 Å². The molecule has 0 spiro atoms. The Kier molecular flexibility index (Phi) is 4.55.